The molecular formula is C15H28N6. The molecule has 0 aromatic carbocycles. The van der Waals surface area contributed by atoms with Gasteiger partial charge in [0.1, 0.15) is 17.5 Å². The van der Waals surface area contributed by atoms with Crippen molar-refractivity contribution < 1.29 is 0 Å². The van der Waals surface area contributed by atoms with E-state index in [4.69, 9.17) is 10.8 Å². The van der Waals surface area contributed by atoms with Crippen LogP contribution in [0.2, 0.25) is 0 Å². The molecule has 6 nitrogen and oxygen atoms in total. The molecule has 0 unspecified atom stereocenters. The Labute approximate surface area is 127 Å². The molecule has 1 saturated heterocycles. The van der Waals surface area contributed by atoms with E-state index in [1.165, 1.54) is 13.0 Å². The third kappa shape index (κ3) is 4.04. The van der Waals surface area contributed by atoms with Crippen LogP contribution in [0.1, 0.15) is 39.9 Å². The van der Waals surface area contributed by atoms with Gasteiger partial charge in [-0.05, 0) is 13.0 Å². The predicted molar refractivity (Wildman–Crippen MR) is 87.5 cm³/mol. The van der Waals surface area contributed by atoms with Crippen molar-refractivity contribution in [1.82, 2.24) is 14.9 Å². The van der Waals surface area contributed by atoms with Crippen molar-refractivity contribution in [3.8, 4) is 0 Å². The van der Waals surface area contributed by atoms with E-state index < -0.39 is 0 Å². The first kappa shape index (κ1) is 16.0. The summed E-state index contributed by atoms with van der Waals surface area (Å²) in [5, 5.41) is 0. The molecule has 1 fully saturated rings. The average molecular weight is 292 g/mol. The van der Waals surface area contributed by atoms with E-state index >= 15 is 0 Å². The van der Waals surface area contributed by atoms with Gasteiger partial charge in [-0.25, -0.2) is 15.8 Å². The Kier molecular flexibility index (Phi) is 5.00. The number of piperazine rings is 1. The lowest BCUT2D eigenvalue weighted by molar-refractivity contribution is 0.258. The Bertz CT molecular complexity index is 460. The molecular weight excluding hydrogens is 264 g/mol. The van der Waals surface area contributed by atoms with E-state index in [-0.39, 0.29) is 5.41 Å². The molecule has 3 N–H and O–H groups in total. The van der Waals surface area contributed by atoms with Crippen molar-refractivity contribution in [2.45, 2.75) is 39.5 Å². The number of nitrogens with zero attached hydrogens (tertiary/aromatic N) is 4. The minimum Gasteiger partial charge on any atom is -0.354 e. The maximum absolute atomic E-state index is 5.56. The van der Waals surface area contributed by atoms with Crippen molar-refractivity contribution in [3.63, 3.8) is 0 Å². The minimum atomic E-state index is -0.0916. The molecule has 0 bridgehead atoms. The molecule has 0 aliphatic carbocycles. The summed E-state index contributed by atoms with van der Waals surface area (Å²) in [7, 11) is 0. The molecule has 6 heteroatoms. The van der Waals surface area contributed by atoms with Gasteiger partial charge in [0.25, 0.3) is 0 Å². The van der Waals surface area contributed by atoms with Crippen molar-refractivity contribution in [3.05, 3.63) is 11.9 Å². The Balaban J connectivity index is 2.16. The number of hydrogen-bond donors (Lipinski definition) is 2. The monoisotopic (exact) mass is 292 g/mol. The van der Waals surface area contributed by atoms with Gasteiger partial charge in [-0.2, -0.15) is 0 Å². The smallest absolute Gasteiger partial charge is 0.145 e. The zero-order valence-corrected chi connectivity index (χ0v) is 13.7. The molecule has 2 rings (SSSR count). The molecule has 0 amide bonds. The van der Waals surface area contributed by atoms with Crippen LogP contribution in [-0.4, -0.2) is 47.6 Å². The average Bonchev–Trinajstić information content (AvgIpc) is 2.47. The lowest BCUT2D eigenvalue weighted by Crippen LogP contribution is -2.47. The summed E-state index contributed by atoms with van der Waals surface area (Å²) < 4.78 is 0. The third-order valence-corrected chi connectivity index (χ3v) is 3.77. The van der Waals surface area contributed by atoms with Crippen LogP contribution in [0.25, 0.3) is 0 Å². The zero-order chi connectivity index (χ0) is 15.5. The highest BCUT2D eigenvalue weighted by molar-refractivity contribution is 5.49. The minimum absolute atomic E-state index is 0.0916. The lowest BCUT2D eigenvalue weighted by atomic mass is 9.96. The van der Waals surface area contributed by atoms with E-state index in [1.54, 1.807) is 0 Å². The number of nitrogen functional groups attached to an aromatic ring is 1. The van der Waals surface area contributed by atoms with Gasteiger partial charge >= 0.3 is 0 Å². The van der Waals surface area contributed by atoms with Crippen molar-refractivity contribution in [2.75, 3.05) is 43.0 Å². The van der Waals surface area contributed by atoms with Gasteiger partial charge in [0, 0.05) is 37.7 Å². The molecule has 118 valence electrons. The second-order valence-corrected chi connectivity index (χ2v) is 6.66. The molecule has 2 heterocycles. The molecule has 0 spiro atoms. The number of hydrazine groups is 1. The number of rotatable bonds is 4. The number of anilines is 2. The number of hydrogen-bond acceptors (Lipinski definition) is 6. The van der Waals surface area contributed by atoms with Gasteiger partial charge < -0.3 is 10.3 Å². The van der Waals surface area contributed by atoms with Crippen molar-refractivity contribution >= 4 is 11.6 Å². The summed E-state index contributed by atoms with van der Waals surface area (Å²) in [6, 6.07) is 1.94. The highest BCUT2D eigenvalue weighted by Crippen LogP contribution is 2.24. The molecule has 1 aliphatic heterocycles. The summed E-state index contributed by atoms with van der Waals surface area (Å²) in [4.78, 5) is 14.1. The number of nitrogens with two attached hydrogens (primary N) is 1. The van der Waals surface area contributed by atoms with Crippen molar-refractivity contribution in [2.24, 2.45) is 5.84 Å². The highest BCUT2D eigenvalue weighted by atomic mass is 15.3. The quantitative estimate of drug-likeness (QED) is 0.649. The van der Waals surface area contributed by atoms with E-state index in [2.05, 4.69) is 47.9 Å². The van der Waals surface area contributed by atoms with Gasteiger partial charge in [-0.1, -0.05) is 27.7 Å². The molecule has 0 atom stereocenters. The fourth-order valence-electron chi connectivity index (χ4n) is 2.52. The van der Waals surface area contributed by atoms with Crippen LogP contribution in [0.3, 0.4) is 0 Å². The second kappa shape index (κ2) is 6.58. The topological polar surface area (TPSA) is 70.3 Å². The normalized spacial score (nSPS) is 17.1. The predicted octanol–water partition coefficient (Wildman–Crippen LogP) is 1.59. The Hall–Kier alpha value is -1.40. The van der Waals surface area contributed by atoms with Crippen molar-refractivity contribution in [1.29, 1.82) is 0 Å². The van der Waals surface area contributed by atoms with Crippen LogP contribution in [-0.2, 0) is 5.41 Å². The Morgan fingerprint density at radius 3 is 2.38 bits per heavy atom. The summed E-state index contributed by atoms with van der Waals surface area (Å²) in [5.74, 6) is 8.03. The third-order valence-electron chi connectivity index (χ3n) is 3.77. The van der Waals surface area contributed by atoms with Gasteiger partial charge in [0.15, 0.2) is 0 Å². The molecule has 1 aliphatic rings. The summed E-state index contributed by atoms with van der Waals surface area (Å²) in [6.07, 6.45) is 1.21. The van der Waals surface area contributed by atoms with E-state index in [9.17, 15) is 0 Å². The Morgan fingerprint density at radius 2 is 1.86 bits per heavy atom. The lowest BCUT2D eigenvalue weighted by Gasteiger charge is -2.35. The molecule has 0 saturated carbocycles. The second-order valence-electron chi connectivity index (χ2n) is 6.66. The standard InChI is InChI=1S/C15H28N6/c1-5-6-20-7-9-21(10-8-20)13-11-12(19-16)17-14(18-13)15(2,3)4/h11H,5-10,16H2,1-4H3,(H,17,18,19). The van der Waals surface area contributed by atoms with E-state index in [1.807, 2.05) is 6.07 Å². The first-order chi connectivity index (χ1) is 9.94. The first-order valence-corrected chi connectivity index (χ1v) is 7.77. The molecule has 0 radical (unpaired) electrons. The van der Waals surface area contributed by atoms with Crippen LogP contribution in [0.4, 0.5) is 11.6 Å². The zero-order valence-electron chi connectivity index (χ0n) is 13.7. The van der Waals surface area contributed by atoms with Crippen LogP contribution in [0, 0.1) is 0 Å². The Morgan fingerprint density at radius 1 is 1.19 bits per heavy atom. The number of nitrogens with one attached hydrogen (secondary N) is 1. The fourth-order valence-corrected chi connectivity index (χ4v) is 2.52. The molecule has 1 aromatic heterocycles. The van der Waals surface area contributed by atoms with Gasteiger partial charge in [-0.3, -0.25) is 4.90 Å². The van der Waals surface area contributed by atoms with E-state index in [0.717, 1.165) is 37.8 Å². The summed E-state index contributed by atoms with van der Waals surface area (Å²) in [6.45, 7) is 14.0. The summed E-state index contributed by atoms with van der Waals surface area (Å²) in [5.41, 5.74) is 2.57. The van der Waals surface area contributed by atoms with Crippen LogP contribution >= 0.6 is 0 Å². The highest BCUT2D eigenvalue weighted by Gasteiger charge is 2.22. The van der Waals surface area contributed by atoms with Crippen LogP contribution < -0.4 is 16.2 Å². The molecule has 21 heavy (non-hydrogen) atoms. The largest absolute Gasteiger partial charge is 0.354 e. The van der Waals surface area contributed by atoms with Gasteiger partial charge in [0.05, 0.1) is 0 Å². The fraction of sp³-hybridized carbons (Fsp3) is 0.733. The first-order valence-electron chi connectivity index (χ1n) is 7.77. The van der Waals surface area contributed by atoms with Crippen LogP contribution in [0.15, 0.2) is 6.07 Å². The SMILES string of the molecule is CCCN1CCN(c2cc(NN)nc(C(C)(C)C)n2)CC1. The van der Waals surface area contributed by atoms with E-state index in [0.29, 0.717) is 5.82 Å². The molecule has 1 aromatic rings. The number of aromatic nitrogens is 2. The van der Waals surface area contributed by atoms with Gasteiger partial charge in [-0.15, -0.1) is 0 Å². The van der Waals surface area contributed by atoms with Crippen LogP contribution in [0.5, 0.6) is 0 Å². The maximum atomic E-state index is 5.56. The summed E-state index contributed by atoms with van der Waals surface area (Å²) >= 11 is 0. The van der Waals surface area contributed by atoms with Gasteiger partial charge in [0.2, 0.25) is 0 Å². The maximum Gasteiger partial charge on any atom is 0.145 e.